The zero-order valence-corrected chi connectivity index (χ0v) is 11.8. The highest BCUT2D eigenvalue weighted by Crippen LogP contribution is 2.24. The number of aromatic nitrogens is 1. The van der Waals surface area contributed by atoms with Gasteiger partial charge in [-0.1, -0.05) is 32.4 Å². The van der Waals surface area contributed by atoms with Gasteiger partial charge in [0.1, 0.15) is 5.15 Å². The molecule has 1 amide bonds. The molecule has 0 bridgehead atoms. The molecule has 1 heterocycles. The smallest absolute Gasteiger partial charge is 0.251 e. The van der Waals surface area contributed by atoms with Gasteiger partial charge in [-0.15, -0.1) is 0 Å². The third-order valence-corrected chi connectivity index (χ3v) is 3.46. The van der Waals surface area contributed by atoms with Crippen molar-refractivity contribution in [2.75, 3.05) is 0 Å². The van der Waals surface area contributed by atoms with E-state index in [1.54, 1.807) is 6.07 Å². The van der Waals surface area contributed by atoms with E-state index in [0.29, 0.717) is 16.8 Å². The first-order valence-electron chi connectivity index (χ1n) is 6.35. The molecule has 1 fully saturated rings. The first-order valence-corrected chi connectivity index (χ1v) is 6.73. The molecule has 18 heavy (non-hydrogen) atoms. The summed E-state index contributed by atoms with van der Waals surface area (Å²) in [5, 5.41) is 3.39. The van der Waals surface area contributed by atoms with Crippen molar-refractivity contribution < 1.29 is 4.79 Å². The molecule has 1 N–H and O–H groups in total. The summed E-state index contributed by atoms with van der Waals surface area (Å²) in [4.78, 5) is 16.4. The summed E-state index contributed by atoms with van der Waals surface area (Å²) in [5.41, 5.74) is 1.33. The Morgan fingerprint density at radius 1 is 1.39 bits per heavy atom. The van der Waals surface area contributed by atoms with Crippen LogP contribution in [0, 0.1) is 0 Å². The summed E-state index contributed by atoms with van der Waals surface area (Å²) >= 11 is 5.99. The zero-order valence-electron chi connectivity index (χ0n) is 11.1. The maximum atomic E-state index is 12.1. The summed E-state index contributed by atoms with van der Waals surface area (Å²) in [7, 11) is 0. The van der Waals surface area contributed by atoms with Crippen molar-refractivity contribution in [3.05, 3.63) is 28.5 Å². The first kappa shape index (κ1) is 13.3. The van der Waals surface area contributed by atoms with Crippen molar-refractivity contribution in [3.63, 3.8) is 0 Å². The van der Waals surface area contributed by atoms with Gasteiger partial charge >= 0.3 is 0 Å². The molecular weight excluding hydrogens is 248 g/mol. The topological polar surface area (TPSA) is 42.0 Å². The number of nitrogens with one attached hydrogen (secondary N) is 1. The van der Waals surface area contributed by atoms with Gasteiger partial charge in [0.15, 0.2) is 0 Å². The van der Waals surface area contributed by atoms with Crippen molar-refractivity contribution >= 4 is 17.5 Å². The third-order valence-electron chi connectivity index (χ3n) is 3.27. The molecule has 3 nitrogen and oxygen atoms in total. The molecule has 1 aromatic rings. The molecule has 1 aliphatic carbocycles. The first-order chi connectivity index (χ1) is 8.36. The number of carbonyl (C=O) groups is 1. The van der Waals surface area contributed by atoms with Gasteiger partial charge in [0.05, 0.1) is 0 Å². The SMILES string of the molecule is CC(C)(C)c1cc(C(=O)NC2CCC2)cc(Cl)n1. The van der Waals surface area contributed by atoms with Crippen LogP contribution < -0.4 is 5.32 Å². The summed E-state index contributed by atoms with van der Waals surface area (Å²) < 4.78 is 0. The summed E-state index contributed by atoms with van der Waals surface area (Å²) in [6.45, 7) is 6.16. The number of nitrogens with zero attached hydrogens (tertiary/aromatic N) is 1. The largest absolute Gasteiger partial charge is 0.349 e. The molecule has 0 spiro atoms. The average Bonchev–Trinajstić information content (AvgIpc) is 2.21. The van der Waals surface area contributed by atoms with Crippen molar-refractivity contribution in [2.24, 2.45) is 0 Å². The summed E-state index contributed by atoms with van der Waals surface area (Å²) in [6, 6.07) is 3.80. The monoisotopic (exact) mass is 266 g/mol. The van der Waals surface area contributed by atoms with E-state index in [1.165, 1.54) is 6.42 Å². The molecule has 0 unspecified atom stereocenters. The lowest BCUT2D eigenvalue weighted by atomic mass is 9.90. The highest BCUT2D eigenvalue weighted by molar-refractivity contribution is 6.29. The summed E-state index contributed by atoms with van der Waals surface area (Å²) in [5.74, 6) is -0.0468. The number of rotatable bonds is 2. The van der Waals surface area contributed by atoms with E-state index >= 15 is 0 Å². The lowest BCUT2D eigenvalue weighted by molar-refractivity contribution is 0.0916. The predicted octanol–water partition coefficient (Wildman–Crippen LogP) is 3.31. The highest BCUT2D eigenvalue weighted by atomic mass is 35.5. The fraction of sp³-hybridized carbons (Fsp3) is 0.571. The van der Waals surface area contributed by atoms with E-state index in [4.69, 9.17) is 11.6 Å². The Labute approximate surface area is 113 Å². The molecule has 4 heteroatoms. The number of amides is 1. The Morgan fingerprint density at radius 2 is 2.06 bits per heavy atom. The fourth-order valence-electron chi connectivity index (χ4n) is 1.83. The lowest BCUT2D eigenvalue weighted by Crippen LogP contribution is -2.39. The fourth-order valence-corrected chi connectivity index (χ4v) is 2.04. The van der Waals surface area contributed by atoms with Crippen LogP contribution in [0.15, 0.2) is 12.1 Å². The van der Waals surface area contributed by atoms with Gasteiger partial charge in [0.2, 0.25) is 0 Å². The molecular formula is C14H19ClN2O. The van der Waals surface area contributed by atoms with Crippen molar-refractivity contribution in [2.45, 2.75) is 51.5 Å². The van der Waals surface area contributed by atoms with Crippen molar-refractivity contribution in [1.82, 2.24) is 10.3 Å². The Hall–Kier alpha value is -1.09. The van der Waals surface area contributed by atoms with E-state index in [2.05, 4.69) is 31.1 Å². The van der Waals surface area contributed by atoms with Gasteiger partial charge in [-0.25, -0.2) is 4.98 Å². The zero-order chi connectivity index (χ0) is 13.3. The van der Waals surface area contributed by atoms with E-state index < -0.39 is 0 Å². The minimum Gasteiger partial charge on any atom is -0.349 e. The second-order valence-corrected chi connectivity index (χ2v) is 6.30. The Balaban J connectivity index is 2.21. The minimum absolute atomic E-state index is 0.0468. The van der Waals surface area contributed by atoms with Crippen LogP contribution in [0.3, 0.4) is 0 Å². The normalized spacial score (nSPS) is 16.2. The maximum absolute atomic E-state index is 12.1. The predicted molar refractivity (Wildman–Crippen MR) is 73.1 cm³/mol. The molecule has 0 aromatic carbocycles. The van der Waals surface area contributed by atoms with Crippen LogP contribution in [0.4, 0.5) is 0 Å². The second-order valence-electron chi connectivity index (χ2n) is 5.92. The molecule has 0 atom stereocenters. The number of hydrogen-bond acceptors (Lipinski definition) is 2. The maximum Gasteiger partial charge on any atom is 0.251 e. The third kappa shape index (κ3) is 3.02. The van der Waals surface area contributed by atoms with Gasteiger partial charge in [-0.2, -0.15) is 0 Å². The summed E-state index contributed by atoms with van der Waals surface area (Å²) in [6.07, 6.45) is 3.36. The van der Waals surface area contributed by atoms with Gasteiger partial charge in [0.25, 0.3) is 5.91 Å². The molecule has 1 aliphatic rings. The second kappa shape index (κ2) is 4.88. The van der Waals surface area contributed by atoms with E-state index in [0.717, 1.165) is 18.5 Å². The van der Waals surface area contributed by atoms with Crippen LogP contribution in [0.5, 0.6) is 0 Å². The average molecular weight is 267 g/mol. The van der Waals surface area contributed by atoms with Crippen LogP contribution in [0.2, 0.25) is 5.15 Å². The number of hydrogen-bond donors (Lipinski definition) is 1. The van der Waals surface area contributed by atoms with Crippen molar-refractivity contribution in [1.29, 1.82) is 0 Å². The van der Waals surface area contributed by atoms with E-state index in [1.807, 2.05) is 6.07 Å². The molecule has 0 radical (unpaired) electrons. The Kier molecular flexibility index (Phi) is 3.62. The standard InChI is InChI=1S/C14H19ClN2O/c1-14(2,3)11-7-9(8-12(15)17-11)13(18)16-10-5-4-6-10/h7-8,10H,4-6H2,1-3H3,(H,16,18). The molecule has 1 aromatic heterocycles. The van der Waals surface area contributed by atoms with Gasteiger partial charge < -0.3 is 5.32 Å². The molecule has 1 saturated carbocycles. The lowest BCUT2D eigenvalue weighted by Gasteiger charge is -2.26. The van der Waals surface area contributed by atoms with Gasteiger partial charge in [-0.3, -0.25) is 4.79 Å². The van der Waals surface area contributed by atoms with Gasteiger partial charge in [0, 0.05) is 22.7 Å². The Bertz CT molecular complexity index is 461. The number of pyridine rings is 1. The van der Waals surface area contributed by atoms with Crippen LogP contribution >= 0.6 is 11.6 Å². The van der Waals surface area contributed by atoms with Crippen LogP contribution in [0.1, 0.15) is 56.1 Å². The van der Waals surface area contributed by atoms with Crippen LogP contribution in [0.25, 0.3) is 0 Å². The van der Waals surface area contributed by atoms with Crippen LogP contribution in [-0.2, 0) is 5.41 Å². The molecule has 2 rings (SSSR count). The van der Waals surface area contributed by atoms with E-state index in [-0.39, 0.29) is 11.3 Å². The highest BCUT2D eigenvalue weighted by Gasteiger charge is 2.22. The minimum atomic E-state index is -0.115. The van der Waals surface area contributed by atoms with Gasteiger partial charge in [-0.05, 0) is 31.4 Å². The Morgan fingerprint density at radius 3 is 2.56 bits per heavy atom. The molecule has 98 valence electrons. The quantitative estimate of drug-likeness (QED) is 0.835. The molecule has 0 saturated heterocycles. The van der Waals surface area contributed by atoms with Crippen LogP contribution in [-0.4, -0.2) is 16.9 Å². The molecule has 0 aliphatic heterocycles. The van der Waals surface area contributed by atoms with Crippen molar-refractivity contribution in [3.8, 4) is 0 Å². The number of halogens is 1. The number of carbonyl (C=O) groups excluding carboxylic acids is 1. The van der Waals surface area contributed by atoms with E-state index in [9.17, 15) is 4.79 Å².